The van der Waals surface area contributed by atoms with Gasteiger partial charge in [0.15, 0.2) is 5.13 Å². The number of rotatable bonds is 8. The predicted octanol–water partition coefficient (Wildman–Crippen LogP) is 4.98. The molecule has 2 aromatic rings. The molecule has 0 spiro atoms. The molecule has 196 valence electrons. The summed E-state index contributed by atoms with van der Waals surface area (Å²) in [6.45, 7) is 11.2. The van der Waals surface area contributed by atoms with Crippen LogP contribution in [-0.2, 0) is 20.8 Å². The van der Waals surface area contributed by atoms with Gasteiger partial charge in [-0.05, 0) is 38.2 Å². The first-order valence-corrected chi connectivity index (χ1v) is 14.5. The summed E-state index contributed by atoms with van der Waals surface area (Å²) in [7, 11) is 0. The Morgan fingerprint density at radius 2 is 1.97 bits per heavy atom. The average molecular weight is 532 g/mol. The van der Waals surface area contributed by atoms with Crippen molar-refractivity contribution in [1.82, 2.24) is 20.2 Å². The highest BCUT2D eigenvalue weighted by Crippen LogP contribution is 2.34. The molecule has 2 atom stereocenters. The minimum absolute atomic E-state index is 0.0454. The summed E-state index contributed by atoms with van der Waals surface area (Å²) in [5, 5.41) is 7.42. The van der Waals surface area contributed by atoms with Crippen molar-refractivity contribution in [2.24, 2.45) is 5.92 Å². The summed E-state index contributed by atoms with van der Waals surface area (Å²) in [6, 6.07) is 0.378. The van der Waals surface area contributed by atoms with Gasteiger partial charge in [-0.2, -0.15) is 0 Å². The number of oxazole rings is 1. The molecule has 10 heteroatoms. The number of likely N-dealkylation sites (tertiary alicyclic amines) is 1. The van der Waals surface area contributed by atoms with Gasteiger partial charge >= 0.3 is 0 Å². The summed E-state index contributed by atoms with van der Waals surface area (Å²) in [4.78, 5) is 35.7. The lowest BCUT2D eigenvalue weighted by Crippen LogP contribution is -2.48. The summed E-state index contributed by atoms with van der Waals surface area (Å²) < 4.78 is 7.00. The topological polar surface area (TPSA) is 100 Å². The standard InChI is InChI=1S/C26H37N5O3S2/c1-5-21(32)29-18-9-11-31(12-10-18)24(33)17-7-6-8-19(13-17)30-25-28-15-23(36-25)35-16-22-27-14-20(34-22)26(2,3)4/h5,14-15,17-19H,1,6-13,16H2,2-4H3,(H,28,30)(H,29,32). The van der Waals surface area contributed by atoms with E-state index in [1.165, 1.54) is 6.08 Å². The monoisotopic (exact) mass is 531 g/mol. The highest BCUT2D eigenvalue weighted by atomic mass is 32.2. The van der Waals surface area contributed by atoms with Crippen LogP contribution in [0, 0.1) is 5.92 Å². The molecule has 2 N–H and O–H groups in total. The number of carbonyl (C=O) groups is 2. The zero-order valence-electron chi connectivity index (χ0n) is 21.4. The molecule has 0 radical (unpaired) electrons. The Labute approximate surface area is 221 Å². The smallest absolute Gasteiger partial charge is 0.243 e. The molecular formula is C26H37N5O3S2. The quantitative estimate of drug-likeness (QED) is 0.366. The van der Waals surface area contributed by atoms with Crippen LogP contribution in [0.5, 0.6) is 0 Å². The average Bonchev–Trinajstić information content (AvgIpc) is 3.52. The Hall–Kier alpha value is -2.33. The Kier molecular flexibility index (Phi) is 8.77. The van der Waals surface area contributed by atoms with Crippen molar-refractivity contribution >= 4 is 40.0 Å². The summed E-state index contributed by atoms with van der Waals surface area (Å²) in [5.74, 6) is 2.46. The molecule has 1 saturated heterocycles. The number of nitrogens with zero attached hydrogens (tertiary/aromatic N) is 3. The Morgan fingerprint density at radius 3 is 2.67 bits per heavy atom. The van der Waals surface area contributed by atoms with Crippen LogP contribution in [0.25, 0.3) is 0 Å². The third-order valence-corrected chi connectivity index (χ3v) is 8.91. The fourth-order valence-electron chi connectivity index (χ4n) is 4.73. The second-order valence-electron chi connectivity index (χ2n) is 10.7. The van der Waals surface area contributed by atoms with E-state index in [0.717, 1.165) is 59.5 Å². The molecule has 2 unspecified atom stereocenters. The van der Waals surface area contributed by atoms with E-state index in [-0.39, 0.29) is 35.2 Å². The van der Waals surface area contributed by atoms with Gasteiger partial charge < -0.3 is 20.0 Å². The third kappa shape index (κ3) is 7.12. The predicted molar refractivity (Wildman–Crippen MR) is 144 cm³/mol. The number of nitrogens with one attached hydrogen (secondary N) is 2. The summed E-state index contributed by atoms with van der Waals surface area (Å²) >= 11 is 3.31. The lowest BCUT2D eigenvalue weighted by Gasteiger charge is -2.37. The molecule has 3 heterocycles. The molecule has 36 heavy (non-hydrogen) atoms. The molecule has 4 rings (SSSR count). The van der Waals surface area contributed by atoms with Crippen LogP contribution in [0.15, 0.2) is 33.7 Å². The van der Waals surface area contributed by atoms with Crippen molar-refractivity contribution in [2.45, 2.75) is 86.8 Å². The SMILES string of the molecule is C=CC(=O)NC1CCN(C(=O)C2CCCC(Nc3ncc(SCc4ncc(C(C)(C)C)o4)s3)C2)CC1. The van der Waals surface area contributed by atoms with Crippen molar-refractivity contribution in [3.05, 3.63) is 36.7 Å². The first-order chi connectivity index (χ1) is 17.2. The minimum atomic E-state index is -0.142. The highest BCUT2D eigenvalue weighted by Gasteiger charge is 2.32. The molecule has 2 aromatic heterocycles. The first kappa shape index (κ1) is 26.7. The van der Waals surface area contributed by atoms with Crippen LogP contribution in [0.3, 0.4) is 0 Å². The Bertz CT molecular complexity index is 1050. The van der Waals surface area contributed by atoms with E-state index >= 15 is 0 Å². The van der Waals surface area contributed by atoms with E-state index in [0.29, 0.717) is 18.8 Å². The number of amides is 2. The van der Waals surface area contributed by atoms with Gasteiger partial charge in [0.2, 0.25) is 17.7 Å². The van der Waals surface area contributed by atoms with Gasteiger partial charge in [0, 0.05) is 36.5 Å². The third-order valence-electron chi connectivity index (χ3n) is 6.80. The molecule has 1 saturated carbocycles. The number of hydrogen-bond acceptors (Lipinski definition) is 8. The van der Waals surface area contributed by atoms with Crippen LogP contribution >= 0.6 is 23.1 Å². The number of thioether (sulfide) groups is 1. The lowest BCUT2D eigenvalue weighted by atomic mass is 9.84. The fourth-order valence-corrected chi connectivity index (χ4v) is 6.53. The van der Waals surface area contributed by atoms with Crippen molar-refractivity contribution in [3.63, 3.8) is 0 Å². The minimum Gasteiger partial charge on any atom is -0.444 e. The second kappa shape index (κ2) is 11.8. The van der Waals surface area contributed by atoms with Crippen LogP contribution in [0.2, 0.25) is 0 Å². The van der Waals surface area contributed by atoms with E-state index in [1.807, 2.05) is 17.3 Å². The van der Waals surface area contributed by atoms with Crippen molar-refractivity contribution < 1.29 is 14.0 Å². The van der Waals surface area contributed by atoms with E-state index in [1.54, 1.807) is 23.1 Å². The van der Waals surface area contributed by atoms with Crippen molar-refractivity contribution in [1.29, 1.82) is 0 Å². The number of carbonyl (C=O) groups excluding carboxylic acids is 2. The molecular weight excluding hydrogens is 494 g/mol. The van der Waals surface area contributed by atoms with Crippen LogP contribution in [0.4, 0.5) is 5.13 Å². The van der Waals surface area contributed by atoms with Crippen LogP contribution < -0.4 is 10.6 Å². The van der Waals surface area contributed by atoms with Gasteiger partial charge in [-0.25, -0.2) is 9.97 Å². The van der Waals surface area contributed by atoms with Gasteiger partial charge in [-0.1, -0.05) is 45.1 Å². The molecule has 2 aliphatic rings. The van der Waals surface area contributed by atoms with Gasteiger partial charge in [0.25, 0.3) is 0 Å². The second-order valence-corrected chi connectivity index (χ2v) is 13.0. The molecule has 1 aliphatic heterocycles. The van der Waals surface area contributed by atoms with E-state index in [4.69, 9.17) is 4.42 Å². The zero-order chi connectivity index (χ0) is 25.7. The maximum absolute atomic E-state index is 13.2. The lowest BCUT2D eigenvalue weighted by molar-refractivity contribution is -0.137. The molecule has 0 aromatic carbocycles. The van der Waals surface area contributed by atoms with Crippen molar-refractivity contribution in [2.75, 3.05) is 18.4 Å². The number of piperidine rings is 1. The van der Waals surface area contributed by atoms with Gasteiger partial charge in [0.05, 0.1) is 22.4 Å². The number of hydrogen-bond donors (Lipinski definition) is 2. The van der Waals surface area contributed by atoms with Gasteiger partial charge in [-0.15, -0.1) is 11.8 Å². The zero-order valence-corrected chi connectivity index (χ0v) is 23.1. The Balaban J connectivity index is 1.23. The number of anilines is 1. The molecule has 8 nitrogen and oxygen atoms in total. The summed E-state index contributed by atoms with van der Waals surface area (Å²) in [6.07, 6.45) is 10.5. The maximum atomic E-state index is 13.2. The van der Waals surface area contributed by atoms with E-state index in [9.17, 15) is 9.59 Å². The Morgan fingerprint density at radius 1 is 1.19 bits per heavy atom. The molecule has 0 bridgehead atoms. The maximum Gasteiger partial charge on any atom is 0.243 e. The molecule has 1 aliphatic carbocycles. The fraction of sp³-hybridized carbons (Fsp3) is 0.615. The normalized spacial score (nSPS) is 21.2. The van der Waals surface area contributed by atoms with Crippen LogP contribution in [0.1, 0.15) is 70.9 Å². The van der Waals surface area contributed by atoms with Crippen LogP contribution in [-0.4, -0.2) is 51.9 Å². The first-order valence-electron chi connectivity index (χ1n) is 12.7. The summed E-state index contributed by atoms with van der Waals surface area (Å²) in [5.41, 5.74) is -0.0454. The molecule has 2 amide bonds. The molecule has 2 fully saturated rings. The largest absolute Gasteiger partial charge is 0.444 e. The van der Waals surface area contributed by atoms with E-state index < -0.39 is 0 Å². The van der Waals surface area contributed by atoms with Crippen molar-refractivity contribution in [3.8, 4) is 0 Å². The number of thiazole rings is 1. The van der Waals surface area contributed by atoms with E-state index in [2.05, 4.69) is 48.0 Å². The number of aromatic nitrogens is 2. The van der Waals surface area contributed by atoms with Gasteiger partial charge in [0.1, 0.15) is 5.76 Å². The van der Waals surface area contributed by atoms with Gasteiger partial charge in [-0.3, -0.25) is 9.59 Å². The highest BCUT2D eigenvalue weighted by molar-refractivity contribution is 8.00.